The minimum atomic E-state index is 0.653. The lowest BCUT2D eigenvalue weighted by Gasteiger charge is -1.99. The van der Waals surface area contributed by atoms with Crippen molar-refractivity contribution in [2.24, 2.45) is 0 Å². The number of hydrogen-bond donors (Lipinski definition) is 1. The molecule has 1 heterocycles. The van der Waals surface area contributed by atoms with Crippen molar-refractivity contribution < 1.29 is 0 Å². The monoisotopic (exact) mass is 269 g/mol. The highest BCUT2D eigenvalue weighted by Crippen LogP contribution is 2.23. The molecule has 94 valence electrons. The molecule has 0 aliphatic rings. The van der Waals surface area contributed by atoms with Gasteiger partial charge < -0.3 is 0 Å². The Morgan fingerprint density at radius 1 is 1.05 bits per heavy atom. The fourth-order valence-electron chi connectivity index (χ4n) is 1.98. The molecule has 0 unspecified atom stereocenters. The van der Waals surface area contributed by atoms with Crippen molar-refractivity contribution in [2.45, 2.75) is 6.92 Å². The Bertz CT molecular complexity index is 719. The first kappa shape index (κ1) is 11.9. The first-order valence-corrected chi connectivity index (χ1v) is 6.36. The Morgan fingerprint density at radius 2 is 1.89 bits per heavy atom. The maximum Gasteiger partial charge on any atom is 0.181 e. The van der Waals surface area contributed by atoms with E-state index in [1.807, 2.05) is 42.5 Å². The summed E-state index contributed by atoms with van der Waals surface area (Å²) in [6, 6.07) is 15.6. The molecule has 0 bridgehead atoms. The van der Waals surface area contributed by atoms with Crippen molar-refractivity contribution in [2.75, 3.05) is 0 Å². The third kappa shape index (κ3) is 2.37. The van der Waals surface area contributed by atoms with E-state index in [-0.39, 0.29) is 0 Å². The Balaban J connectivity index is 2.03. The van der Waals surface area contributed by atoms with Crippen LogP contribution in [-0.4, -0.2) is 15.2 Å². The average Bonchev–Trinajstić information content (AvgIpc) is 2.89. The smallest absolute Gasteiger partial charge is 0.181 e. The number of aromatic nitrogens is 3. The van der Waals surface area contributed by atoms with Crippen LogP contribution in [-0.2, 0) is 0 Å². The summed E-state index contributed by atoms with van der Waals surface area (Å²) in [7, 11) is 0. The number of benzene rings is 2. The van der Waals surface area contributed by atoms with Gasteiger partial charge in [0.15, 0.2) is 11.6 Å². The van der Waals surface area contributed by atoms with E-state index in [0.717, 1.165) is 22.5 Å². The zero-order valence-electron chi connectivity index (χ0n) is 10.4. The third-order valence-corrected chi connectivity index (χ3v) is 3.20. The molecule has 1 aromatic heterocycles. The molecule has 0 atom stereocenters. The molecule has 3 aromatic rings. The number of aryl methyl sites for hydroxylation is 1. The van der Waals surface area contributed by atoms with Crippen LogP contribution in [0.1, 0.15) is 5.56 Å². The molecule has 3 nitrogen and oxygen atoms in total. The molecule has 0 radical (unpaired) electrons. The maximum atomic E-state index is 5.98. The number of nitrogens with zero attached hydrogens (tertiary/aromatic N) is 2. The molecule has 0 aliphatic heterocycles. The lowest BCUT2D eigenvalue weighted by atomic mass is 10.1. The van der Waals surface area contributed by atoms with Gasteiger partial charge in [0.1, 0.15) is 0 Å². The van der Waals surface area contributed by atoms with Crippen molar-refractivity contribution in [3.05, 3.63) is 59.1 Å². The fourth-order valence-corrected chi connectivity index (χ4v) is 2.17. The SMILES string of the molecule is Cc1ccccc1-c1nc(-c2cccc(Cl)c2)n[nH]1. The number of halogens is 1. The van der Waals surface area contributed by atoms with Crippen LogP contribution in [0.25, 0.3) is 22.8 Å². The maximum absolute atomic E-state index is 5.98. The molecule has 0 amide bonds. The van der Waals surface area contributed by atoms with Crippen LogP contribution in [0.4, 0.5) is 0 Å². The standard InChI is InChI=1S/C15H12ClN3/c1-10-5-2-3-8-13(10)15-17-14(18-19-15)11-6-4-7-12(16)9-11/h2-9H,1H3,(H,17,18,19). The molecule has 0 saturated carbocycles. The van der Waals surface area contributed by atoms with Gasteiger partial charge in [-0.05, 0) is 24.6 Å². The number of H-pyrrole nitrogens is 1. The van der Waals surface area contributed by atoms with Gasteiger partial charge in [0.05, 0.1) is 0 Å². The van der Waals surface area contributed by atoms with Gasteiger partial charge in [-0.25, -0.2) is 4.98 Å². The van der Waals surface area contributed by atoms with Crippen LogP contribution in [0.5, 0.6) is 0 Å². The highest BCUT2D eigenvalue weighted by atomic mass is 35.5. The molecular formula is C15H12ClN3. The normalized spacial score (nSPS) is 10.6. The molecule has 0 spiro atoms. The molecule has 2 aromatic carbocycles. The molecule has 4 heteroatoms. The van der Waals surface area contributed by atoms with E-state index in [2.05, 4.69) is 28.2 Å². The highest BCUT2D eigenvalue weighted by molar-refractivity contribution is 6.30. The second kappa shape index (κ2) is 4.86. The minimum absolute atomic E-state index is 0.653. The van der Waals surface area contributed by atoms with Gasteiger partial charge >= 0.3 is 0 Å². The van der Waals surface area contributed by atoms with Gasteiger partial charge in [0.25, 0.3) is 0 Å². The summed E-state index contributed by atoms with van der Waals surface area (Å²) in [4.78, 5) is 4.53. The highest BCUT2D eigenvalue weighted by Gasteiger charge is 2.09. The Labute approximate surface area is 116 Å². The quantitative estimate of drug-likeness (QED) is 0.761. The second-order valence-electron chi connectivity index (χ2n) is 4.33. The fraction of sp³-hybridized carbons (Fsp3) is 0.0667. The van der Waals surface area contributed by atoms with Crippen molar-refractivity contribution >= 4 is 11.6 Å². The van der Waals surface area contributed by atoms with Gasteiger partial charge in [-0.15, -0.1) is 0 Å². The van der Waals surface area contributed by atoms with Crippen molar-refractivity contribution in [3.8, 4) is 22.8 Å². The predicted molar refractivity (Wildman–Crippen MR) is 77.0 cm³/mol. The Morgan fingerprint density at radius 3 is 2.68 bits per heavy atom. The molecule has 0 saturated heterocycles. The number of nitrogens with one attached hydrogen (secondary N) is 1. The van der Waals surface area contributed by atoms with E-state index in [9.17, 15) is 0 Å². The Kier molecular flexibility index (Phi) is 3.05. The summed E-state index contributed by atoms with van der Waals surface area (Å²) in [5, 5.41) is 7.91. The minimum Gasteiger partial charge on any atom is -0.259 e. The van der Waals surface area contributed by atoms with Gasteiger partial charge in [-0.3, -0.25) is 5.10 Å². The third-order valence-electron chi connectivity index (χ3n) is 2.97. The molecule has 3 rings (SSSR count). The van der Waals surface area contributed by atoms with E-state index in [0.29, 0.717) is 10.8 Å². The molecule has 1 N–H and O–H groups in total. The molecule has 0 fully saturated rings. The van der Waals surface area contributed by atoms with Crippen molar-refractivity contribution in [3.63, 3.8) is 0 Å². The summed E-state index contributed by atoms with van der Waals surface area (Å²) in [6.45, 7) is 2.05. The van der Waals surface area contributed by atoms with E-state index >= 15 is 0 Å². The van der Waals surface area contributed by atoms with E-state index in [4.69, 9.17) is 11.6 Å². The van der Waals surface area contributed by atoms with Gasteiger partial charge in [-0.1, -0.05) is 48.0 Å². The van der Waals surface area contributed by atoms with Crippen LogP contribution in [0.2, 0.25) is 5.02 Å². The predicted octanol–water partition coefficient (Wildman–Crippen LogP) is 4.10. The number of rotatable bonds is 2. The number of aromatic amines is 1. The lowest BCUT2D eigenvalue weighted by Crippen LogP contribution is -1.84. The lowest BCUT2D eigenvalue weighted by molar-refractivity contribution is 1.10. The average molecular weight is 270 g/mol. The Hall–Kier alpha value is -2.13. The zero-order valence-corrected chi connectivity index (χ0v) is 11.1. The topological polar surface area (TPSA) is 41.6 Å². The first-order valence-electron chi connectivity index (χ1n) is 5.98. The van der Waals surface area contributed by atoms with Crippen molar-refractivity contribution in [1.82, 2.24) is 15.2 Å². The van der Waals surface area contributed by atoms with E-state index in [1.165, 1.54) is 0 Å². The van der Waals surface area contributed by atoms with E-state index in [1.54, 1.807) is 0 Å². The van der Waals surface area contributed by atoms with Gasteiger partial charge in [0, 0.05) is 16.1 Å². The summed E-state index contributed by atoms with van der Waals surface area (Å²) < 4.78 is 0. The second-order valence-corrected chi connectivity index (χ2v) is 4.77. The van der Waals surface area contributed by atoms with Crippen LogP contribution in [0, 0.1) is 6.92 Å². The van der Waals surface area contributed by atoms with Crippen LogP contribution in [0.15, 0.2) is 48.5 Å². The number of hydrogen-bond acceptors (Lipinski definition) is 2. The van der Waals surface area contributed by atoms with E-state index < -0.39 is 0 Å². The van der Waals surface area contributed by atoms with Crippen LogP contribution >= 0.6 is 11.6 Å². The summed E-state index contributed by atoms with van der Waals surface area (Å²) in [5.41, 5.74) is 3.13. The van der Waals surface area contributed by atoms with Gasteiger partial charge in [-0.2, -0.15) is 5.10 Å². The largest absolute Gasteiger partial charge is 0.259 e. The van der Waals surface area contributed by atoms with Crippen LogP contribution < -0.4 is 0 Å². The molecule has 19 heavy (non-hydrogen) atoms. The molecular weight excluding hydrogens is 258 g/mol. The van der Waals surface area contributed by atoms with Crippen LogP contribution in [0.3, 0.4) is 0 Å². The van der Waals surface area contributed by atoms with Gasteiger partial charge in [0.2, 0.25) is 0 Å². The molecule has 0 aliphatic carbocycles. The van der Waals surface area contributed by atoms with Crippen molar-refractivity contribution in [1.29, 1.82) is 0 Å². The zero-order chi connectivity index (χ0) is 13.2. The first-order chi connectivity index (χ1) is 9.24. The summed E-state index contributed by atoms with van der Waals surface area (Å²) in [6.07, 6.45) is 0. The summed E-state index contributed by atoms with van der Waals surface area (Å²) >= 11 is 5.98. The summed E-state index contributed by atoms with van der Waals surface area (Å²) in [5.74, 6) is 1.42.